The standard InChI is InChI=1S/C17H27NO/c1-4-8-17(9-10-17)13-18-12-15-6-5-7-16(11-15)19-14(2)3/h5-7,11,14,18H,4,8-10,12-13H2,1-3H3. The molecular weight excluding hydrogens is 234 g/mol. The zero-order chi connectivity index (χ0) is 13.7. The van der Waals surface area contributed by atoms with E-state index >= 15 is 0 Å². The van der Waals surface area contributed by atoms with Gasteiger partial charge in [0.05, 0.1) is 6.10 Å². The summed E-state index contributed by atoms with van der Waals surface area (Å²) in [4.78, 5) is 0. The maximum absolute atomic E-state index is 5.73. The Morgan fingerprint density at radius 3 is 2.74 bits per heavy atom. The van der Waals surface area contributed by atoms with Gasteiger partial charge in [-0.3, -0.25) is 0 Å². The van der Waals surface area contributed by atoms with Crippen molar-refractivity contribution in [2.75, 3.05) is 6.54 Å². The van der Waals surface area contributed by atoms with Gasteiger partial charge in [0, 0.05) is 13.1 Å². The molecule has 2 heteroatoms. The van der Waals surface area contributed by atoms with Crippen LogP contribution in [0.2, 0.25) is 0 Å². The Hall–Kier alpha value is -1.02. The van der Waals surface area contributed by atoms with Crippen molar-refractivity contribution in [2.45, 2.75) is 59.1 Å². The molecule has 1 saturated carbocycles. The van der Waals surface area contributed by atoms with Crippen molar-refractivity contribution < 1.29 is 4.74 Å². The van der Waals surface area contributed by atoms with Crippen LogP contribution >= 0.6 is 0 Å². The highest BCUT2D eigenvalue weighted by Crippen LogP contribution is 2.48. The van der Waals surface area contributed by atoms with Crippen LogP contribution in [0.4, 0.5) is 0 Å². The summed E-state index contributed by atoms with van der Waals surface area (Å²) in [6.45, 7) is 8.52. The summed E-state index contributed by atoms with van der Waals surface area (Å²) in [5.41, 5.74) is 1.94. The molecule has 1 aliphatic rings. The van der Waals surface area contributed by atoms with Crippen LogP contribution in [-0.4, -0.2) is 12.6 Å². The SMILES string of the molecule is CCCC1(CNCc2cccc(OC(C)C)c2)CC1. The molecule has 19 heavy (non-hydrogen) atoms. The maximum atomic E-state index is 5.73. The first-order chi connectivity index (χ1) is 9.13. The third-order valence-electron chi connectivity index (χ3n) is 3.84. The lowest BCUT2D eigenvalue weighted by Crippen LogP contribution is -2.23. The lowest BCUT2D eigenvalue weighted by Gasteiger charge is -2.15. The van der Waals surface area contributed by atoms with Gasteiger partial charge in [-0.15, -0.1) is 0 Å². The summed E-state index contributed by atoms with van der Waals surface area (Å²) in [5.74, 6) is 0.976. The fourth-order valence-corrected chi connectivity index (χ4v) is 2.70. The smallest absolute Gasteiger partial charge is 0.120 e. The molecule has 1 fully saturated rings. The molecule has 106 valence electrons. The van der Waals surface area contributed by atoms with Crippen LogP contribution in [0, 0.1) is 5.41 Å². The molecule has 2 nitrogen and oxygen atoms in total. The average Bonchev–Trinajstić information content (AvgIpc) is 3.09. The summed E-state index contributed by atoms with van der Waals surface area (Å²) in [6.07, 6.45) is 5.73. The Morgan fingerprint density at radius 2 is 2.11 bits per heavy atom. The Labute approximate surface area is 117 Å². The van der Waals surface area contributed by atoms with Crippen molar-refractivity contribution in [3.63, 3.8) is 0 Å². The summed E-state index contributed by atoms with van der Waals surface area (Å²) < 4.78 is 5.73. The molecule has 0 heterocycles. The lowest BCUT2D eigenvalue weighted by molar-refractivity contribution is 0.242. The predicted molar refractivity (Wildman–Crippen MR) is 80.5 cm³/mol. The van der Waals surface area contributed by atoms with Crippen LogP contribution in [0.25, 0.3) is 0 Å². The predicted octanol–water partition coefficient (Wildman–Crippen LogP) is 4.14. The van der Waals surface area contributed by atoms with Crippen LogP contribution in [0.1, 0.15) is 52.0 Å². The summed E-state index contributed by atoms with van der Waals surface area (Å²) in [6, 6.07) is 8.42. The lowest BCUT2D eigenvalue weighted by atomic mass is 10.0. The minimum atomic E-state index is 0.238. The molecule has 1 aromatic rings. The molecule has 0 saturated heterocycles. The normalized spacial score (nSPS) is 16.6. The van der Waals surface area contributed by atoms with Crippen molar-refractivity contribution in [3.05, 3.63) is 29.8 Å². The number of ether oxygens (including phenoxy) is 1. The highest BCUT2D eigenvalue weighted by molar-refractivity contribution is 5.28. The van der Waals surface area contributed by atoms with Crippen molar-refractivity contribution in [1.29, 1.82) is 0 Å². The van der Waals surface area contributed by atoms with Gasteiger partial charge in [-0.2, -0.15) is 0 Å². The quantitative estimate of drug-likeness (QED) is 0.759. The van der Waals surface area contributed by atoms with Gasteiger partial charge in [-0.25, -0.2) is 0 Å². The molecule has 1 N–H and O–H groups in total. The van der Waals surface area contributed by atoms with Crippen molar-refractivity contribution >= 4 is 0 Å². The molecular formula is C17H27NO. The minimum absolute atomic E-state index is 0.238. The molecule has 2 rings (SSSR count). The van der Waals surface area contributed by atoms with E-state index in [1.54, 1.807) is 0 Å². The fourth-order valence-electron chi connectivity index (χ4n) is 2.70. The number of nitrogens with one attached hydrogen (secondary N) is 1. The number of hydrogen-bond acceptors (Lipinski definition) is 2. The highest BCUT2D eigenvalue weighted by atomic mass is 16.5. The Bertz CT molecular complexity index is 396. The second-order valence-corrected chi connectivity index (χ2v) is 6.17. The summed E-state index contributed by atoms with van der Waals surface area (Å²) >= 11 is 0. The molecule has 0 spiro atoms. The first kappa shape index (κ1) is 14.4. The molecule has 0 aromatic heterocycles. The van der Waals surface area contributed by atoms with Crippen LogP contribution in [0.5, 0.6) is 5.75 Å². The first-order valence-electron chi connectivity index (χ1n) is 7.60. The van der Waals surface area contributed by atoms with Crippen LogP contribution in [0.3, 0.4) is 0 Å². The topological polar surface area (TPSA) is 21.3 Å². The third kappa shape index (κ3) is 4.54. The first-order valence-corrected chi connectivity index (χ1v) is 7.60. The zero-order valence-corrected chi connectivity index (χ0v) is 12.5. The van der Waals surface area contributed by atoms with E-state index in [-0.39, 0.29) is 6.10 Å². The van der Waals surface area contributed by atoms with Gasteiger partial charge in [0.2, 0.25) is 0 Å². The van der Waals surface area contributed by atoms with E-state index in [0.717, 1.165) is 18.8 Å². The third-order valence-corrected chi connectivity index (χ3v) is 3.84. The van der Waals surface area contributed by atoms with Crippen LogP contribution < -0.4 is 10.1 Å². The second kappa shape index (κ2) is 6.42. The fraction of sp³-hybridized carbons (Fsp3) is 0.647. The second-order valence-electron chi connectivity index (χ2n) is 6.17. The monoisotopic (exact) mass is 261 g/mol. The Morgan fingerprint density at radius 1 is 1.32 bits per heavy atom. The highest BCUT2D eigenvalue weighted by Gasteiger charge is 2.40. The van der Waals surface area contributed by atoms with Crippen molar-refractivity contribution in [2.24, 2.45) is 5.41 Å². The van der Waals surface area contributed by atoms with Gasteiger partial charge in [0.25, 0.3) is 0 Å². The van der Waals surface area contributed by atoms with Crippen molar-refractivity contribution in [1.82, 2.24) is 5.32 Å². The summed E-state index contributed by atoms with van der Waals surface area (Å²) in [5, 5.41) is 3.61. The largest absolute Gasteiger partial charge is 0.491 e. The van der Waals surface area contributed by atoms with E-state index in [1.165, 1.54) is 31.2 Å². The molecule has 1 aliphatic carbocycles. The van der Waals surface area contributed by atoms with E-state index in [2.05, 4.69) is 44.3 Å². The van der Waals surface area contributed by atoms with E-state index in [4.69, 9.17) is 4.74 Å². The van der Waals surface area contributed by atoms with Gasteiger partial charge in [-0.05, 0) is 56.2 Å². The Balaban J connectivity index is 1.79. The van der Waals surface area contributed by atoms with Gasteiger partial charge in [0.1, 0.15) is 5.75 Å². The molecule has 0 aliphatic heterocycles. The van der Waals surface area contributed by atoms with E-state index in [9.17, 15) is 0 Å². The zero-order valence-electron chi connectivity index (χ0n) is 12.5. The number of hydrogen-bond donors (Lipinski definition) is 1. The van der Waals surface area contributed by atoms with Gasteiger partial charge < -0.3 is 10.1 Å². The van der Waals surface area contributed by atoms with Crippen LogP contribution in [-0.2, 0) is 6.54 Å². The molecule has 0 radical (unpaired) electrons. The number of rotatable bonds is 8. The Kier molecular flexibility index (Phi) is 4.87. The number of benzene rings is 1. The van der Waals surface area contributed by atoms with E-state index in [0.29, 0.717) is 5.41 Å². The molecule has 0 bridgehead atoms. The maximum Gasteiger partial charge on any atom is 0.120 e. The van der Waals surface area contributed by atoms with Crippen LogP contribution in [0.15, 0.2) is 24.3 Å². The average molecular weight is 261 g/mol. The molecule has 0 unspecified atom stereocenters. The molecule has 1 aromatic carbocycles. The van der Waals surface area contributed by atoms with Gasteiger partial charge >= 0.3 is 0 Å². The minimum Gasteiger partial charge on any atom is -0.491 e. The van der Waals surface area contributed by atoms with E-state index < -0.39 is 0 Å². The molecule has 0 amide bonds. The summed E-state index contributed by atoms with van der Waals surface area (Å²) in [7, 11) is 0. The molecule has 0 atom stereocenters. The van der Waals surface area contributed by atoms with E-state index in [1.807, 2.05) is 6.07 Å². The van der Waals surface area contributed by atoms with Gasteiger partial charge in [-0.1, -0.05) is 25.5 Å². The van der Waals surface area contributed by atoms with Crippen molar-refractivity contribution in [3.8, 4) is 5.75 Å². The van der Waals surface area contributed by atoms with Gasteiger partial charge in [0.15, 0.2) is 0 Å².